The summed E-state index contributed by atoms with van der Waals surface area (Å²) in [6.45, 7) is 4.45. The number of hydrogen-bond donors (Lipinski definition) is 1. The first-order chi connectivity index (χ1) is 17.6. The molecule has 0 rings (SSSR count). The molecule has 1 N–H and O–H groups in total. The van der Waals surface area contributed by atoms with Crippen molar-refractivity contribution in [2.45, 2.75) is 180 Å². The second-order valence-corrected chi connectivity index (χ2v) is 10.6. The minimum absolute atomic E-state index is 0.00933. The summed E-state index contributed by atoms with van der Waals surface area (Å²) in [7, 11) is 0. The zero-order valence-corrected chi connectivity index (χ0v) is 24.1. The summed E-state index contributed by atoms with van der Waals surface area (Å²) in [4.78, 5) is 22.9. The van der Waals surface area contributed by atoms with Crippen LogP contribution in [0.5, 0.6) is 0 Å². The quantitative estimate of drug-likeness (QED) is 0.0648. The molecule has 0 aliphatic rings. The van der Waals surface area contributed by atoms with Crippen LogP contribution in [0.25, 0.3) is 0 Å². The van der Waals surface area contributed by atoms with Crippen molar-refractivity contribution < 1.29 is 19.4 Å². The normalized spacial score (nSPS) is 12.3. The van der Waals surface area contributed by atoms with E-state index in [1.807, 2.05) is 0 Å². The number of carbonyl (C=O) groups is 2. The lowest BCUT2D eigenvalue weighted by Gasteiger charge is -2.18. The van der Waals surface area contributed by atoms with Gasteiger partial charge in [0.2, 0.25) is 0 Å². The average molecular weight is 509 g/mol. The number of aliphatic carboxylic acids is 1. The van der Waals surface area contributed by atoms with Crippen LogP contribution in [0.4, 0.5) is 0 Å². The highest BCUT2D eigenvalue weighted by Gasteiger charge is 2.14. The molecule has 0 fully saturated rings. The Labute approximate surface area is 224 Å². The fraction of sp³-hybridized carbons (Fsp3) is 0.875. The van der Waals surface area contributed by atoms with Crippen molar-refractivity contribution in [1.82, 2.24) is 0 Å². The number of carbonyl (C=O) groups excluding carboxylic acids is 1. The zero-order valence-electron chi connectivity index (χ0n) is 24.1. The van der Waals surface area contributed by atoms with Crippen molar-refractivity contribution in [2.24, 2.45) is 0 Å². The van der Waals surface area contributed by atoms with E-state index in [2.05, 4.69) is 26.0 Å². The summed E-state index contributed by atoms with van der Waals surface area (Å²) in [6, 6.07) is 0. The third kappa shape index (κ3) is 27.3. The zero-order chi connectivity index (χ0) is 26.5. The highest BCUT2D eigenvalue weighted by Crippen LogP contribution is 2.18. The highest BCUT2D eigenvalue weighted by molar-refractivity contribution is 5.69. The first-order valence-electron chi connectivity index (χ1n) is 15.7. The van der Waals surface area contributed by atoms with Gasteiger partial charge in [0.05, 0.1) is 0 Å². The second-order valence-electron chi connectivity index (χ2n) is 10.6. The molecule has 0 aliphatic carbocycles. The maximum Gasteiger partial charge on any atom is 0.306 e. The van der Waals surface area contributed by atoms with Crippen LogP contribution in [0, 0.1) is 0 Å². The molecule has 1 atom stereocenters. The van der Waals surface area contributed by atoms with E-state index in [9.17, 15) is 9.59 Å². The Bertz CT molecular complexity index is 514. The molecule has 212 valence electrons. The molecule has 0 bridgehead atoms. The van der Waals surface area contributed by atoms with Gasteiger partial charge < -0.3 is 9.84 Å². The number of esters is 1. The molecule has 36 heavy (non-hydrogen) atoms. The van der Waals surface area contributed by atoms with E-state index in [1.54, 1.807) is 0 Å². The van der Waals surface area contributed by atoms with Crippen LogP contribution in [-0.2, 0) is 14.3 Å². The van der Waals surface area contributed by atoms with Crippen LogP contribution in [-0.4, -0.2) is 23.1 Å². The third-order valence-corrected chi connectivity index (χ3v) is 6.99. The van der Waals surface area contributed by atoms with Crippen LogP contribution in [0.15, 0.2) is 12.2 Å². The van der Waals surface area contributed by atoms with Gasteiger partial charge in [-0.2, -0.15) is 0 Å². The summed E-state index contributed by atoms with van der Waals surface area (Å²) in [5, 5.41) is 8.67. The van der Waals surface area contributed by atoms with Crippen molar-refractivity contribution in [2.75, 3.05) is 0 Å². The first-order valence-corrected chi connectivity index (χ1v) is 15.7. The van der Waals surface area contributed by atoms with E-state index < -0.39 is 5.97 Å². The van der Waals surface area contributed by atoms with E-state index in [-0.39, 0.29) is 12.1 Å². The van der Waals surface area contributed by atoms with Crippen molar-refractivity contribution in [3.05, 3.63) is 12.2 Å². The molecule has 0 radical (unpaired) electrons. The number of unbranched alkanes of at least 4 members (excludes halogenated alkanes) is 17. The lowest BCUT2D eigenvalue weighted by atomic mass is 10.0. The fourth-order valence-corrected chi connectivity index (χ4v) is 4.63. The summed E-state index contributed by atoms with van der Waals surface area (Å²) in [5.74, 6) is -0.675. The maximum atomic E-state index is 12.4. The SMILES string of the molecule is CCCC/C=C\CCCCCCCCC(=O)OC(CCCCC)CCCCCCCCCCC(=O)O. The Hall–Kier alpha value is -1.32. The lowest BCUT2D eigenvalue weighted by molar-refractivity contribution is -0.150. The molecule has 1 unspecified atom stereocenters. The van der Waals surface area contributed by atoms with E-state index in [1.165, 1.54) is 89.9 Å². The van der Waals surface area contributed by atoms with Crippen molar-refractivity contribution >= 4 is 11.9 Å². The van der Waals surface area contributed by atoms with Crippen molar-refractivity contribution in [3.63, 3.8) is 0 Å². The van der Waals surface area contributed by atoms with Gasteiger partial charge in [0.15, 0.2) is 0 Å². The Kier molecular flexibility index (Phi) is 27.2. The van der Waals surface area contributed by atoms with Gasteiger partial charge >= 0.3 is 11.9 Å². The van der Waals surface area contributed by atoms with Crippen LogP contribution in [0.3, 0.4) is 0 Å². The minimum atomic E-state index is -0.684. The predicted octanol–water partition coefficient (Wildman–Crippen LogP) is 10.3. The molecule has 0 aromatic heterocycles. The highest BCUT2D eigenvalue weighted by atomic mass is 16.5. The molecule has 4 nitrogen and oxygen atoms in total. The molecule has 0 amide bonds. The molecule has 0 aromatic carbocycles. The maximum absolute atomic E-state index is 12.4. The molecular weight excluding hydrogens is 448 g/mol. The fourth-order valence-electron chi connectivity index (χ4n) is 4.63. The first kappa shape index (κ1) is 34.7. The standard InChI is InChI=1S/C32H60O4/c1-3-5-7-8-9-10-11-12-13-18-21-25-29-32(35)36-30(26-22-6-4-2)27-23-19-16-14-15-17-20-24-28-31(33)34/h8-9,30H,3-7,10-29H2,1-2H3,(H,33,34)/b9-8-. The van der Waals surface area contributed by atoms with E-state index in [0.29, 0.717) is 12.8 Å². The van der Waals surface area contributed by atoms with E-state index in [4.69, 9.17) is 9.84 Å². The predicted molar refractivity (Wildman–Crippen MR) is 153 cm³/mol. The Balaban J connectivity index is 3.80. The number of carboxylic acid groups (broad SMARTS) is 1. The van der Waals surface area contributed by atoms with Gasteiger partial charge in [-0.1, -0.05) is 116 Å². The van der Waals surface area contributed by atoms with Gasteiger partial charge in [-0.05, 0) is 57.8 Å². The monoisotopic (exact) mass is 508 g/mol. The number of carboxylic acids is 1. The number of hydrogen-bond acceptors (Lipinski definition) is 3. The van der Waals surface area contributed by atoms with Crippen molar-refractivity contribution in [3.8, 4) is 0 Å². The smallest absolute Gasteiger partial charge is 0.306 e. The van der Waals surface area contributed by atoms with Crippen LogP contribution < -0.4 is 0 Å². The van der Waals surface area contributed by atoms with Crippen molar-refractivity contribution in [1.29, 1.82) is 0 Å². The van der Waals surface area contributed by atoms with Gasteiger partial charge in [-0.25, -0.2) is 0 Å². The molecule has 0 saturated carbocycles. The Morgan fingerprint density at radius 2 is 1.03 bits per heavy atom. The third-order valence-electron chi connectivity index (χ3n) is 6.99. The largest absolute Gasteiger partial charge is 0.481 e. The van der Waals surface area contributed by atoms with Gasteiger partial charge in [-0.3, -0.25) is 9.59 Å². The van der Waals surface area contributed by atoms with Crippen LogP contribution >= 0.6 is 0 Å². The Morgan fingerprint density at radius 3 is 1.58 bits per heavy atom. The molecular formula is C32H60O4. The van der Waals surface area contributed by atoms with Crippen LogP contribution in [0.1, 0.15) is 174 Å². The lowest BCUT2D eigenvalue weighted by Crippen LogP contribution is -2.18. The molecule has 0 saturated heterocycles. The second kappa shape index (κ2) is 28.3. The summed E-state index contributed by atoms with van der Waals surface area (Å²) in [6.07, 6.45) is 32.4. The molecule has 0 aromatic rings. The summed E-state index contributed by atoms with van der Waals surface area (Å²) < 4.78 is 5.89. The number of ether oxygens (including phenoxy) is 1. The van der Waals surface area contributed by atoms with Gasteiger partial charge in [0.1, 0.15) is 6.10 Å². The molecule has 0 heterocycles. The number of allylic oxidation sites excluding steroid dienone is 2. The summed E-state index contributed by atoms with van der Waals surface area (Å²) in [5.41, 5.74) is 0. The molecule has 4 heteroatoms. The van der Waals surface area contributed by atoms with Gasteiger partial charge in [0, 0.05) is 12.8 Å². The van der Waals surface area contributed by atoms with E-state index >= 15 is 0 Å². The molecule has 0 aliphatic heterocycles. The number of rotatable bonds is 28. The van der Waals surface area contributed by atoms with Crippen LogP contribution in [0.2, 0.25) is 0 Å². The van der Waals surface area contributed by atoms with Gasteiger partial charge in [-0.15, -0.1) is 0 Å². The topological polar surface area (TPSA) is 63.6 Å². The molecule has 0 spiro atoms. The summed E-state index contributed by atoms with van der Waals surface area (Å²) >= 11 is 0. The van der Waals surface area contributed by atoms with E-state index in [0.717, 1.165) is 57.8 Å². The van der Waals surface area contributed by atoms with Gasteiger partial charge in [0.25, 0.3) is 0 Å². The average Bonchev–Trinajstić information content (AvgIpc) is 2.85. The Morgan fingerprint density at radius 1 is 0.583 bits per heavy atom. The minimum Gasteiger partial charge on any atom is -0.481 e.